The van der Waals surface area contributed by atoms with Gasteiger partial charge >= 0.3 is 0 Å². The van der Waals surface area contributed by atoms with E-state index in [1.807, 2.05) is 23.1 Å². The van der Waals surface area contributed by atoms with E-state index in [1.165, 1.54) is 58.6 Å². The number of allylic oxidation sites excluding steroid dienone is 1. The largest absolute Gasteiger partial charge is 0.349 e. The fourth-order valence-corrected chi connectivity index (χ4v) is 7.55. The van der Waals surface area contributed by atoms with Crippen LogP contribution in [0.4, 0.5) is 5.69 Å². The summed E-state index contributed by atoms with van der Waals surface area (Å²) in [6, 6.07) is 26.2. The van der Waals surface area contributed by atoms with E-state index >= 15 is 0 Å². The van der Waals surface area contributed by atoms with E-state index in [-0.39, 0.29) is 0 Å². The Labute approximate surface area is 220 Å². The van der Waals surface area contributed by atoms with Crippen LogP contribution in [0.1, 0.15) is 43.6 Å². The average Bonchev–Trinajstić information content (AvgIpc) is 3.59. The lowest BCUT2D eigenvalue weighted by Crippen LogP contribution is -2.33. The molecule has 5 heteroatoms. The van der Waals surface area contributed by atoms with Gasteiger partial charge in [-0.3, -0.25) is 0 Å². The Morgan fingerprint density at radius 1 is 0.889 bits per heavy atom. The van der Waals surface area contributed by atoms with E-state index in [1.54, 1.807) is 0 Å². The van der Waals surface area contributed by atoms with Crippen LogP contribution in [0, 0.1) is 0 Å². The van der Waals surface area contributed by atoms with Crippen molar-refractivity contribution >= 4 is 67.5 Å². The maximum absolute atomic E-state index is 3.71. The molecule has 0 unspecified atom stereocenters. The predicted octanol–water partition coefficient (Wildman–Crippen LogP) is 8.65. The summed E-state index contributed by atoms with van der Waals surface area (Å²) >= 11 is 3.72. The number of aryl methyl sites for hydroxylation is 1. The molecule has 0 radical (unpaired) electrons. The number of hydrogen-bond donors (Lipinski definition) is 1. The number of nitrogens with zero attached hydrogens (tertiary/aromatic N) is 2. The van der Waals surface area contributed by atoms with Crippen molar-refractivity contribution in [1.82, 2.24) is 4.57 Å². The number of thiazole rings is 1. The van der Waals surface area contributed by atoms with Gasteiger partial charge in [-0.05, 0) is 44.5 Å². The van der Waals surface area contributed by atoms with E-state index < -0.39 is 0 Å². The highest BCUT2D eigenvalue weighted by atomic mass is 32.2. The summed E-state index contributed by atoms with van der Waals surface area (Å²) < 4.78 is 6.24. The molecule has 36 heavy (non-hydrogen) atoms. The highest BCUT2D eigenvalue weighted by molar-refractivity contribution is 8.04. The number of thioether (sulfide) groups is 1. The van der Waals surface area contributed by atoms with Crippen molar-refractivity contribution in [2.45, 2.75) is 45.2 Å². The Kier molecular flexibility index (Phi) is 6.20. The zero-order valence-corrected chi connectivity index (χ0v) is 22.5. The Hall–Kier alpha value is -3.28. The third kappa shape index (κ3) is 3.78. The Morgan fingerprint density at radius 3 is 2.42 bits per heavy atom. The first-order valence-electron chi connectivity index (χ1n) is 12.7. The van der Waals surface area contributed by atoms with E-state index in [9.17, 15) is 0 Å². The molecule has 0 saturated carbocycles. The van der Waals surface area contributed by atoms with Gasteiger partial charge in [0, 0.05) is 45.6 Å². The fraction of sp³-hybridized carbons (Fsp3) is 0.194. The van der Waals surface area contributed by atoms with Gasteiger partial charge in [-0.15, -0.1) is 0 Å². The van der Waals surface area contributed by atoms with Crippen LogP contribution in [0.3, 0.4) is 0 Å². The van der Waals surface area contributed by atoms with Gasteiger partial charge in [-0.25, -0.2) is 0 Å². The fourth-order valence-electron chi connectivity index (χ4n) is 5.30. The molecular weight excluding hydrogens is 478 g/mol. The number of benzene rings is 3. The summed E-state index contributed by atoms with van der Waals surface area (Å²) in [6.45, 7) is 8.63. The lowest BCUT2D eigenvalue weighted by Gasteiger charge is -2.14. The summed E-state index contributed by atoms with van der Waals surface area (Å²) in [7, 11) is 0. The molecule has 5 aromatic rings. The van der Waals surface area contributed by atoms with Crippen molar-refractivity contribution < 1.29 is 4.57 Å². The minimum atomic E-state index is 0.915. The van der Waals surface area contributed by atoms with Gasteiger partial charge in [-0.2, -0.15) is 4.57 Å². The third-order valence-corrected chi connectivity index (χ3v) is 9.19. The van der Waals surface area contributed by atoms with Gasteiger partial charge in [0.25, 0.3) is 5.01 Å². The van der Waals surface area contributed by atoms with Crippen molar-refractivity contribution in [3.05, 3.63) is 94.2 Å². The highest BCUT2D eigenvalue weighted by Gasteiger charge is 2.24. The first-order valence-corrected chi connectivity index (χ1v) is 14.3. The minimum Gasteiger partial charge on any atom is -0.349 e. The predicted molar refractivity (Wildman–Crippen MR) is 157 cm³/mol. The summed E-state index contributed by atoms with van der Waals surface area (Å²) in [4.78, 5) is 1.30. The van der Waals surface area contributed by atoms with Crippen LogP contribution in [0.5, 0.6) is 0 Å². The van der Waals surface area contributed by atoms with Gasteiger partial charge in [0.1, 0.15) is 11.2 Å². The number of nitrogens with one attached hydrogen (secondary N) is 1. The van der Waals surface area contributed by atoms with Crippen molar-refractivity contribution in [2.24, 2.45) is 0 Å². The molecule has 1 N–H and O–H groups in total. The Balaban J connectivity index is 1.52. The Bertz CT molecular complexity index is 1620. The second-order valence-corrected chi connectivity index (χ2v) is 11.0. The second-order valence-electron chi connectivity index (χ2n) is 8.89. The molecule has 1 aliphatic heterocycles. The van der Waals surface area contributed by atoms with Crippen molar-refractivity contribution in [1.29, 1.82) is 0 Å². The molecule has 0 saturated heterocycles. The molecule has 3 heterocycles. The highest BCUT2D eigenvalue weighted by Crippen LogP contribution is 2.46. The topological polar surface area (TPSA) is 20.8 Å². The smallest absolute Gasteiger partial charge is 0.262 e. The average molecular weight is 509 g/mol. The van der Waals surface area contributed by atoms with E-state index in [2.05, 4.69) is 120 Å². The second kappa shape index (κ2) is 9.64. The molecular formula is C31H30N3S2+. The van der Waals surface area contributed by atoms with Crippen LogP contribution >= 0.6 is 23.1 Å². The van der Waals surface area contributed by atoms with Gasteiger partial charge < -0.3 is 9.88 Å². The molecule has 0 fully saturated rings. The number of anilines is 1. The maximum Gasteiger partial charge on any atom is 0.262 e. The van der Waals surface area contributed by atoms with Crippen LogP contribution in [-0.4, -0.2) is 4.57 Å². The molecule has 3 aromatic carbocycles. The number of rotatable bonds is 6. The van der Waals surface area contributed by atoms with Crippen LogP contribution < -0.4 is 9.88 Å². The molecule has 0 spiro atoms. The molecule has 0 aliphatic carbocycles. The maximum atomic E-state index is 3.71. The standard InChI is InChI=1S/C31H29N3S2/c1-4-21(31-32-24-15-9-11-17-27(24)36-31)30-23-14-8-7-13-22(23)25(34(30)6-3)19-20-29-33(5-2)26-16-10-12-18-28(26)35-29/h7-20H,4-6H2,1-3H3/p+1. The SMILES string of the molecule is CCC(=C1Nc2ccccc2S1)c1c2ccccc2c(C=Cc2sc3ccccc3[n+]2CC)n1CC. The molecule has 0 atom stereocenters. The molecule has 6 rings (SSSR count). The van der Waals surface area contributed by atoms with Crippen LogP contribution in [0.25, 0.3) is 38.7 Å². The van der Waals surface area contributed by atoms with Crippen LogP contribution in [-0.2, 0) is 13.1 Å². The molecule has 1 aliphatic rings. The van der Waals surface area contributed by atoms with Crippen molar-refractivity contribution in [2.75, 3.05) is 5.32 Å². The summed E-state index contributed by atoms with van der Waals surface area (Å²) in [5.74, 6) is 0. The molecule has 3 nitrogen and oxygen atoms in total. The van der Waals surface area contributed by atoms with Crippen LogP contribution in [0.15, 0.2) is 82.7 Å². The molecule has 180 valence electrons. The quantitative estimate of drug-likeness (QED) is 0.232. The van der Waals surface area contributed by atoms with Gasteiger partial charge in [-0.1, -0.05) is 78.6 Å². The zero-order valence-electron chi connectivity index (χ0n) is 20.9. The molecule has 2 aromatic heterocycles. The van der Waals surface area contributed by atoms with E-state index in [0.717, 1.165) is 19.5 Å². The summed E-state index contributed by atoms with van der Waals surface area (Å²) in [5.41, 5.74) is 6.49. The summed E-state index contributed by atoms with van der Waals surface area (Å²) in [6.07, 6.45) is 5.60. The molecule has 0 amide bonds. The normalized spacial score (nSPS) is 14.6. The first-order chi connectivity index (χ1) is 17.7. The van der Waals surface area contributed by atoms with E-state index in [0.29, 0.717) is 0 Å². The first kappa shape index (κ1) is 23.1. The van der Waals surface area contributed by atoms with Gasteiger partial charge in [0.15, 0.2) is 0 Å². The summed E-state index contributed by atoms with van der Waals surface area (Å²) in [5, 5.41) is 8.87. The van der Waals surface area contributed by atoms with Gasteiger partial charge in [0.05, 0.1) is 16.4 Å². The number of hydrogen-bond acceptors (Lipinski definition) is 3. The van der Waals surface area contributed by atoms with E-state index in [4.69, 9.17) is 0 Å². The number of fused-ring (bicyclic) bond motifs is 3. The van der Waals surface area contributed by atoms with Crippen LogP contribution in [0.2, 0.25) is 0 Å². The molecule has 0 bridgehead atoms. The number of aromatic nitrogens is 2. The van der Waals surface area contributed by atoms with Crippen molar-refractivity contribution in [3.8, 4) is 0 Å². The third-order valence-electron chi connectivity index (χ3n) is 6.93. The lowest BCUT2D eigenvalue weighted by atomic mass is 10.1. The van der Waals surface area contributed by atoms with Gasteiger partial charge in [0.2, 0.25) is 5.52 Å². The minimum absolute atomic E-state index is 0.915. The zero-order chi connectivity index (χ0) is 24.6. The number of para-hydroxylation sites is 2. The lowest BCUT2D eigenvalue weighted by molar-refractivity contribution is -0.665. The monoisotopic (exact) mass is 508 g/mol. The van der Waals surface area contributed by atoms with Crippen molar-refractivity contribution in [3.63, 3.8) is 0 Å². The Morgan fingerprint density at radius 2 is 1.64 bits per heavy atom.